The molecule has 0 aliphatic heterocycles. The molecule has 1 aromatic heterocycles. The zero-order chi connectivity index (χ0) is 13.3. The lowest BCUT2D eigenvalue weighted by Gasteiger charge is -2.03. The molecular weight excluding hydrogens is 258 g/mol. The molecule has 0 saturated heterocycles. The van der Waals surface area contributed by atoms with Crippen LogP contribution in [-0.4, -0.2) is 20.3 Å². The maximum Gasteiger partial charge on any atom is 0.270 e. The Bertz CT molecular complexity index is 636. The number of non-ortho nitro benzene ring substituents is 1. The fourth-order valence-electron chi connectivity index (χ4n) is 1.51. The molecule has 0 spiro atoms. The highest BCUT2D eigenvalue weighted by molar-refractivity contribution is 6.34. The molecule has 7 heteroatoms. The minimum absolute atomic E-state index is 0.0696. The van der Waals surface area contributed by atoms with Crippen LogP contribution in [0.5, 0.6) is 0 Å². The van der Waals surface area contributed by atoms with Crippen molar-refractivity contribution in [3.63, 3.8) is 0 Å². The lowest BCUT2D eigenvalue weighted by Crippen LogP contribution is -2.09. The maximum atomic E-state index is 12.1. The summed E-state index contributed by atoms with van der Waals surface area (Å²) in [5.74, 6) is -0.270. The van der Waals surface area contributed by atoms with Gasteiger partial charge in [0, 0.05) is 31.6 Å². The number of nitro benzene ring substituents is 1. The quantitative estimate of drug-likeness (QED) is 0.484. The number of nitrogens with zero attached hydrogens (tertiary/aromatic N) is 3. The first-order valence-electron chi connectivity index (χ1n) is 4.96. The van der Waals surface area contributed by atoms with Gasteiger partial charge < -0.3 is 4.57 Å². The molecule has 2 aromatic rings. The summed E-state index contributed by atoms with van der Waals surface area (Å²) in [5, 5.41) is 10.8. The fraction of sp³-hybridized carbons (Fsp3) is 0.0909. The minimum Gasteiger partial charge on any atom is -0.331 e. The van der Waals surface area contributed by atoms with Gasteiger partial charge in [-0.1, -0.05) is 11.6 Å². The molecule has 92 valence electrons. The summed E-state index contributed by atoms with van der Waals surface area (Å²) in [6.45, 7) is 0. The van der Waals surface area contributed by atoms with Gasteiger partial charge in [0.1, 0.15) is 0 Å². The Hall–Kier alpha value is -2.21. The molecule has 6 nitrogen and oxygen atoms in total. The lowest BCUT2D eigenvalue weighted by molar-refractivity contribution is -0.384. The van der Waals surface area contributed by atoms with Crippen LogP contribution >= 0.6 is 11.6 Å². The van der Waals surface area contributed by atoms with E-state index >= 15 is 0 Å². The number of ketones is 1. The number of benzene rings is 1. The van der Waals surface area contributed by atoms with Crippen LogP contribution in [0.4, 0.5) is 5.69 Å². The zero-order valence-electron chi connectivity index (χ0n) is 9.33. The van der Waals surface area contributed by atoms with E-state index in [0.717, 1.165) is 6.07 Å². The number of aromatic nitrogens is 2. The molecule has 0 N–H and O–H groups in total. The van der Waals surface area contributed by atoms with Gasteiger partial charge in [-0.25, -0.2) is 4.98 Å². The minimum atomic E-state index is -0.578. The van der Waals surface area contributed by atoms with Gasteiger partial charge in [0.15, 0.2) is 5.82 Å². The predicted octanol–water partition coefficient (Wildman–Crippen LogP) is 2.21. The van der Waals surface area contributed by atoms with E-state index in [9.17, 15) is 14.9 Å². The van der Waals surface area contributed by atoms with Crippen LogP contribution in [0.1, 0.15) is 16.2 Å². The SMILES string of the molecule is Cn1ccnc1C(=O)c1cc([N+](=O)[O-])ccc1Cl. The number of nitro groups is 1. The summed E-state index contributed by atoms with van der Waals surface area (Å²) in [4.78, 5) is 26.1. The van der Waals surface area contributed by atoms with Gasteiger partial charge >= 0.3 is 0 Å². The van der Waals surface area contributed by atoms with Crippen molar-refractivity contribution >= 4 is 23.1 Å². The van der Waals surface area contributed by atoms with Crippen molar-refractivity contribution in [1.29, 1.82) is 0 Å². The number of carbonyl (C=O) groups excluding carboxylic acids is 1. The molecule has 2 rings (SSSR count). The Labute approximate surface area is 107 Å². The average molecular weight is 266 g/mol. The highest BCUT2D eigenvalue weighted by Gasteiger charge is 2.20. The van der Waals surface area contributed by atoms with Crippen molar-refractivity contribution in [2.24, 2.45) is 7.05 Å². The summed E-state index contributed by atoms with van der Waals surface area (Å²) in [5.41, 5.74) is -0.114. The Balaban J connectivity index is 2.51. The first-order valence-corrected chi connectivity index (χ1v) is 5.34. The van der Waals surface area contributed by atoms with Gasteiger partial charge in [-0.05, 0) is 6.07 Å². The van der Waals surface area contributed by atoms with Gasteiger partial charge in [0.2, 0.25) is 5.78 Å². The highest BCUT2D eigenvalue weighted by Crippen LogP contribution is 2.24. The number of hydrogen-bond donors (Lipinski definition) is 0. The molecule has 1 heterocycles. The maximum absolute atomic E-state index is 12.1. The van der Waals surface area contributed by atoms with Crippen molar-refractivity contribution in [1.82, 2.24) is 9.55 Å². The molecule has 0 atom stereocenters. The van der Waals surface area contributed by atoms with E-state index in [1.54, 1.807) is 13.2 Å². The van der Waals surface area contributed by atoms with Crippen molar-refractivity contribution in [2.45, 2.75) is 0 Å². The molecule has 0 amide bonds. The van der Waals surface area contributed by atoms with Crippen LogP contribution in [-0.2, 0) is 7.05 Å². The molecule has 0 unspecified atom stereocenters. The number of imidazole rings is 1. The van der Waals surface area contributed by atoms with E-state index < -0.39 is 10.7 Å². The van der Waals surface area contributed by atoms with Crippen LogP contribution in [0.3, 0.4) is 0 Å². The summed E-state index contributed by atoms with van der Waals surface area (Å²) in [6.07, 6.45) is 3.08. The van der Waals surface area contributed by atoms with E-state index in [0.29, 0.717) is 0 Å². The predicted molar refractivity (Wildman–Crippen MR) is 64.7 cm³/mol. The van der Waals surface area contributed by atoms with Crippen molar-refractivity contribution in [3.05, 3.63) is 57.1 Å². The second kappa shape index (κ2) is 4.58. The third-order valence-corrected chi connectivity index (χ3v) is 2.76. The van der Waals surface area contributed by atoms with Gasteiger partial charge in [-0.3, -0.25) is 14.9 Å². The Kier molecular flexibility index (Phi) is 3.12. The van der Waals surface area contributed by atoms with Crippen molar-refractivity contribution in [2.75, 3.05) is 0 Å². The van der Waals surface area contributed by atoms with E-state index in [1.807, 2.05) is 0 Å². The van der Waals surface area contributed by atoms with E-state index in [2.05, 4.69) is 4.98 Å². The lowest BCUT2D eigenvalue weighted by atomic mass is 10.1. The molecule has 1 aromatic carbocycles. The number of hydrogen-bond acceptors (Lipinski definition) is 4. The summed E-state index contributed by atoms with van der Waals surface area (Å²) in [7, 11) is 1.66. The number of rotatable bonds is 3. The molecule has 0 radical (unpaired) electrons. The number of aryl methyl sites for hydroxylation is 1. The Morgan fingerprint density at radius 3 is 2.78 bits per heavy atom. The van der Waals surface area contributed by atoms with Crippen LogP contribution in [0, 0.1) is 10.1 Å². The largest absolute Gasteiger partial charge is 0.331 e. The monoisotopic (exact) mass is 265 g/mol. The van der Waals surface area contributed by atoms with E-state index in [4.69, 9.17) is 11.6 Å². The molecule has 0 bridgehead atoms. The highest BCUT2D eigenvalue weighted by atomic mass is 35.5. The van der Waals surface area contributed by atoms with Crippen molar-refractivity contribution < 1.29 is 9.72 Å². The molecule has 0 saturated carbocycles. The van der Waals surface area contributed by atoms with Crippen LogP contribution in [0.25, 0.3) is 0 Å². The Morgan fingerprint density at radius 1 is 1.50 bits per heavy atom. The normalized spacial score (nSPS) is 10.3. The third-order valence-electron chi connectivity index (χ3n) is 2.43. The van der Waals surface area contributed by atoms with Gasteiger partial charge in [0.05, 0.1) is 15.5 Å². The topological polar surface area (TPSA) is 78.0 Å². The van der Waals surface area contributed by atoms with Gasteiger partial charge in [0.25, 0.3) is 5.69 Å². The Morgan fingerprint density at radius 2 is 2.22 bits per heavy atom. The summed E-state index contributed by atoms with van der Waals surface area (Å²) < 4.78 is 1.53. The summed E-state index contributed by atoms with van der Waals surface area (Å²) in [6, 6.07) is 3.73. The molecule has 18 heavy (non-hydrogen) atoms. The second-order valence-corrected chi connectivity index (χ2v) is 4.02. The molecule has 0 fully saturated rings. The number of carbonyl (C=O) groups is 1. The first kappa shape index (κ1) is 12.3. The smallest absolute Gasteiger partial charge is 0.270 e. The van der Waals surface area contributed by atoms with Gasteiger partial charge in [-0.15, -0.1) is 0 Å². The van der Waals surface area contributed by atoms with Crippen LogP contribution in [0.15, 0.2) is 30.6 Å². The molecule has 0 aliphatic carbocycles. The zero-order valence-corrected chi connectivity index (χ0v) is 10.1. The van der Waals surface area contributed by atoms with Gasteiger partial charge in [-0.2, -0.15) is 0 Å². The van der Waals surface area contributed by atoms with E-state index in [-0.39, 0.29) is 22.1 Å². The van der Waals surface area contributed by atoms with Crippen molar-refractivity contribution in [3.8, 4) is 0 Å². The average Bonchev–Trinajstić information content (AvgIpc) is 2.75. The fourth-order valence-corrected chi connectivity index (χ4v) is 1.71. The number of halogens is 1. The molecular formula is C11H8ClN3O3. The van der Waals surface area contributed by atoms with E-state index in [1.165, 1.54) is 22.9 Å². The second-order valence-electron chi connectivity index (χ2n) is 3.61. The van der Waals surface area contributed by atoms with Crippen LogP contribution < -0.4 is 0 Å². The molecule has 0 aliphatic rings. The van der Waals surface area contributed by atoms with Crippen LogP contribution in [0.2, 0.25) is 5.02 Å². The third kappa shape index (κ3) is 2.10. The first-order chi connectivity index (χ1) is 8.50. The standard InChI is InChI=1S/C11H8ClN3O3/c1-14-5-4-13-11(14)10(16)8-6-7(15(17)18)2-3-9(8)12/h2-6H,1H3. The summed E-state index contributed by atoms with van der Waals surface area (Å²) >= 11 is 5.88.